The maximum atomic E-state index is 13.5. The van der Waals surface area contributed by atoms with E-state index >= 15 is 0 Å². The number of likely N-dealkylation sites (tertiary alicyclic amines) is 1. The number of rotatable bonds is 5. The number of ether oxygens (including phenoxy) is 2. The molecule has 0 bridgehead atoms. The molecule has 0 aromatic carbocycles. The van der Waals surface area contributed by atoms with Gasteiger partial charge in [0.05, 0.1) is 19.8 Å². The molecule has 1 aromatic rings. The standard InChI is InChI=1S/C17H26FN5O2.HI/c1-19-17(21-6-10-25-16-15(18)3-2-5-20-16)23-7-4-14(13-23)22-8-11-24-12-9-22;/h2-3,5,14H,4,6-13H2,1H3,(H,19,21);1H. The molecule has 0 radical (unpaired) electrons. The highest BCUT2D eigenvalue weighted by molar-refractivity contribution is 14.0. The molecular formula is C17H27FIN5O2. The minimum atomic E-state index is -0.445. The van der Waals surface area contributed by atoms with Gasteiger partial charge in [-0.3, -0.25) is 9.89 Å². The molecule has 3 heterocycles. The van der Waals surface area contributed by atoms with Crippen molar-refractivity contribution in [3.05, 3.63) is 24.1 Å². The third kappa shape index (κ3) is 5.65. The van der Waals surface area contributed by atoms with Gasteiger partial charge in [0, 0.05) is 45.5 Å². The van der Waals surface area contributed by atoms with Gasteiger partial charge in [0.1, 0.15) is 6.61 Å². The molecule has 2 saturated heterocycles. The minimum Gasteiger partial charge on any atom is -0.474 e. The zero-order chi connectivity index (χ0) is 17.5. The molecule has 1 atom stereocenters. The first-order valence-electron chi connectivity index (χ1n) is 8.78. The zero-order valence-electron chi connectivity index (χ0n) is 15.1. The third-order valence-electron chi connectivity index (χ3n) is 4.59. The zero-order valence-corrected chi connectivity index (χ0v) is 17.4. The highest BCUT2D eigenvalue weighted by Gasteiger charge is 2.30. The van der Waals surface area contributed by atoms with Crippen molar-refractivity contribution in [2.24, 2.45) is 4.99 Å². The molecule has 2 aliphatic rings. The van der Waals surface area contributed by atoms with Crippen LogP contribution in [0, 0.1) is 5.82 Å². The Morgan fingerprint density at radius 3 is 2.96 bits per heavy atom. The number of aromatic nitrogens is 1. The minimum absolute atomic E-state index is 0. The summed E-state index contributed by atoms with van der Waals surface area (Å²) in [6, 6.07) is 3.44. The molecule has 0 aliphatic carbocycles. The van der Waals surface area contributed by atoms with Gasteiger partial charge in [0.2, 0.25) is 5.88 Å². The summed E-state index contributed by atoms with van der Waals surface area (Å²) in [6.07, 6.45) is 2.65. The van der Waals surface area contributed by atoms with E-state index in [4.69, 9.17) is 9.47 Å². The van der Waals surface area contributed by atoms with Crippen LogP contribution in [0.3, 0.4) is 0 Å². The number of morpholine rings is 1. The lowest BCUT2D eigenvalue weighted by Gasteiger charge is -2.32. The van der Waals surface area contributed by atoms with Crippen molar-refractivity contribution in [1.29, 1.82) is 0 Å². The number of hydrogen-bond acceptors (Lipinski definition) is 5. The molecule has 9 heteroatoms. The van der Waals surface area contributed by atoms with Crippen LogP contribution >= 0.6 is 24.0 Å². The van der Waals surface area contributed by atoms with Crippen LogP contribution in [0.1, 0.15) is 6.42 Å². The normalized spacial score (nSPS) is 21.4. The van der Waals surface area contributed by atoms with E-state index in [-0.39, 0.29) is 29.9 Å². The van der Waals surface area contributed by atoms with Gasteiger partial charge in [-0.2, -0.15) is 0 Å². The molecule has 1 N–H and O–H groups in total. The van der Waals surface area contributed by atoms with E-state index < -0.39 is 5.82 Å². The Balaban J connectivity index is 0.00000243. The second-order valence-electron chi connectivity index (χ2n) is 6.15. The summed E-state index contributed by atoms with van der Waals surface area (Å²) in [5.74, 6) is 0.452. The number of halogens is 2. The smallest absolute Gasteiger partial charge is 0.250 e. The molecule has 2 aliphatic heterocycles. The summed E-state index contributed by atoms with van der Waals surface area (Å²) < 4.78 is 24.2. The maximum absolute atomic E-state index is 13.5. The molecule has 1 aromatic heterocycles. The number of hydrogen-bond donors (Lipinski definition) is 1. The van der Waals surface area contributed by atoms with Crippen molar-refractivity contribution >= 4 is 29.9 Å². The van der Waals surface area contributed by atoms with Crippen molar-refractivity contribution in [2.45, 2.75) is 12.5 Å². The fourth-order valence-corrected chi connectivity index (χ4v) is 3.30. The average molecular weight is 479 g/mol. The predicted octanol–water partition coefficient (Wildman–Crippen LogP) is 1.20. The summed E-state index contributed by atoms with van der Waals surface area (Å²) in [5, 5.41) is 3.28. The summed E-state index contributed by atoms with van der Waals surface area (Å²) >= 11 is 0. The van der Waals surface area contributed by atoms with Crippen LogP contribution in [0.15, 0.2) is 23.3 Å². The molecule has 146 valence electrons. The molecular weight excluding hydrogens is 452 g/mol. The van der Waals surface area contributed by atoms with E-state index in [0.29, 0.717) is 19.2 Å². The Labute approximate surface area is 171 Å². The Hall–Kier alpha value is -1.20. The molecule has 2 fully saturated rings. The van der Waals surface area contributed by atoms with Crippen LogP contribution in [-0.4, -0.2) is 86.4 Å². The lowest BCUT2D eigenvalue weighted by Crippen LogP contribution is -2.47. The van der Waals surface area contributed by atoms with E-state index in [1.807, 2.05) is 0 Å². The van der Waals surface area contributed by atoms with Gasteiger partial charge in [-0.25, -0.2) is 9.37 Å². The first kappa shape index (κ1) is 21.1. The summed E-state index contributed by atoms with van der Waals surface area (Å²) in [6.45, 7) is 6.49. The number of nitrogens with zero attached hydrogens (tertiary/aromatic N) is 4. The van der Waals surface area contributed by atoms with Crippen LogP contribution in [-0.2, 0) is 4.74 Å². The lowest BCUT2D eigenvalue weighted by atomic mass is 10.2. The average Bonchev–Trinajstić information content (AvgIpc) is 3.14. The second kappa shape index (κ2) is 10.8. The number of nitrogens with one attached hydrogen (secondary N) is 1. The van der Waals surface area contributed by atoms with Crippen molar-refractivity contribution in [3.8, 4) is 5.88 Å². The SMILES string of the molecule is CN=C(NCCOc1ncccc1F)N1CCC(N2CCOCC2)C1.I. The summed E-state index contributed by atoms with van der Waals surface area (Å²) in [4.78, 5) is 13.0. The monoisotopic (exact) mass is 479 g/mol. The Bertz CT molecular complexity index is 586. The van der Waals surface area contributed by atoms with E-state index in [1.165, 1.54) is 12.3 Å². The van der Waals surface area contributed by atoms with Gasteiger partial charge in [-0.05, 0) is 18.6 Å². The molecule has 0 saturated carbocycles. The highest BCUT2D eigenvalue weighted by atomic mass is 127. The van der Waals surface area contributed by atoms with Crippen molar-refractivity contribution in [1.82, 2.24) is 20.1 Å². The summed E-state index contributed by atoms with van der Waals surface area (Å²) in [7, 11) is 1.78. The van der Waals surface area contributed by atoms with Gasteiger partial charge in [0.15, 0.2) is 11.8 Å². The second-order valence-corrected chi connectivity index (χ2v) is 6.15. The largest absolute Gasteiger partial charge is 0.474 e. The molecule has 26 heavy (non-hydrogen) atoms. The fraction of sp³-hybridized carbons (Fsp3) is 0.647. The molecule has 0 amide bonds. The quantitative estimate of drug-likeness (QED) is 0.297. The number of guanidine groups is 1. The fourth-order valence-electron chi connectivity index (χ4n) is 3.30. The Morgan fingerprint density at radius 2 is 2.23 bits per heavy atom. The third-order valence-corrected chi connectivity index (χ3v) is 4.59. The van der Waals surface area contributed by atoms with Crippen LogP contribution in [0.2, 0.25) is 0 Å². The van der Waals surface area contributed by atoms with Crippen molar-refractivity contribution in [2.75, 3.05) is 59.6 Å². The van der Waals surface area contributed by atoms with Crippen molar-refractivity contribution in [3.63, 3.8) is 0 Å². The topological polar surface area (TPSA) is 62.2 Å². The van der Waals surface area contributed by atoms with Gasteiger partial charge < -0.3 is 19.7 Å². The van der Waals surface area contributed by atoms with Crippen molar-refractivity contribution < 1.29 is 13.9 Å². The van der Waals surface area contributed by atoms with Gasteiger partial charge >= 0.3 is 0 Å². The van der Waals surface area contributed by atoms with Crippen LogP contribution in [0.5, 0.6) is 5.88 Å². The number of pyridine rings is 1. The predicted molar refractivity (Wildman–Crippen MR) is 109 cm³/mol. The maximum Gasteiger partial charge on any atom is 0.250 e. The number of aliphatic imine (C=N–C) groups is 1. The molecule has 0 spiro atoms. The summed E-state index contributed by atoms with van der Waals surface area (Å²) in [5.41, 5.74) is 0. The van der Waals surface area contributed by atoms with Gasteiger partial charge in [0.25, 0.3) is 0 Å². The first-order chi connectivity index (χ1) is 12.3. The van der Waals surface area contributed by atoms with E-state index in [2.05, 4.69) is 25.1 Å². The lowest BCUT2D eigenvalue weighted by molar-refractivity contribution is 0.0195. The van der Waals surface area contributed by atoms with Crippen LogP contribution < -0.4 is 10.1 Å². The van der Waals surface area contributed by atoms with Gasteiger partial charge in [-0.1, -0.05) is 0 Å². The van der Waals surface area contributed by atoms with Gasteiger partial charge in [-0.15, -0.1) is 24.0 Å². The Morgan fingerprint density at radius 1 is 1.42 bits per heavy atom. The first-order valence-corrected chi connectivity index (χ1v) is 8.78. The highest BCUT2D eigenvalue weighted by Crippen LogP contribution is 2.17. The van der Waals surface area contributed by atoms with E-state index in [0.717, 1.165) is 51.8 Å². The van der Waals surface area contributed by atoms with E-state index in [9.17, 15) is 4.39 Å². The van der Waals surface area contributed by atoms with E-state index in [1.54, 1.807) is 13.1 Å². The molecule has 7 nitrogen and oxygen atoms in total. The van der Waals surface area contributed by atoms with Crippen LogP contribution in [0.4, 0.5) is 4.39 Å². The Kier molecular flexibility index (Phi) is 8.79. The van der Waals surface area contributed by atoms with Crippen LogP contribution in [0.25, 0.3) is 0 Å². The molecule has 1 unspecified atom stereocenters. The molecule has 3 rings (SSSR count).